The van der Waals surface area contributed by atoms with Crippen LogP contribution in [0.1, 0.15) is 0 Å². The Balaban J connectivity index is 0.000000167. The zero-order valence-electron chi connectivity index (χ0n) is 10.0. The largest absolute Gasteiger partial charge is 0.236 e. The van der Waals surface area contributed by atoms with Gasteiger partial charge >= 0.3 is 0 Å². The Morgan fingerprint density at radius 2 is 1.00 bits per heavy atom. The summed E-state index contributed by atoms with van der Waals surface area (Å²) in [6.07, 6.45) is 2.41. The summed E-state index contributed by atoms with van der Waals surface area (Å²) in [7, 11) is 0. The zero-order valence-corrected chi connectivity index (χ0v) is 10.0. The molecule has 0 unspecified atom stereocenters. The fourth-order valence-electron chi connectivity index (χ4n) is 1.94. The molecule has 0 amide bonds. The van der Waals surface area contributed by atoms with Crippen LogP contribution in [0.2, 0.25) is 0 Å². The van der Waals surface area contributed by atoms with Gasteiger partial charge in [0.2, 0.25) is 12.2 Å². The van der Waals surface area contributed by atoms with Crippen LogP contribution < -0.4 is 0 Å². The van der Waals surface area contributed by atoms with Gasteiger partial charge in [-0.1, -0.05) is 48.5 Å². The lowest BCUT2D eigenvalue weighted by molar-refractivity contribution is 0.560. The summed E-state index contributed by atoms with van der Waals surface area (Å²) in [6.45, 7) is -0.160. The Labute approximate surface area is 110 Å². The first-order valence-electron chi connectivity index (χ1n) is 5.64. The van der Waals surface area contributed by atoms with Crippen molar-refractivity contribution in [2.45, 2.75) is 0 Å². The summed E-state index contributed by atoms with van der Waals surface area (Å²) in [6, 6.07) is 17.1. The summed E-state index contributed by atoms with van der Waals surface area (Å²) in [4.78, 5) is 24.2. The number of nitrogens with zero attached hydrogens (tertiary/aromatic N) is 2. The third-order valence-electron chi connectivity index (χ3n) is 2.70. The highest BCUT2D eigenvalue weighted by Gasteiger charge is 2.19. The van der Waals surface area contributed by atoms with E-state index < -0.39 is 0 Å². The number of carbonyl (C=O) groups excluding carboxylic acids is 2. The van der Waals surface area contributed by atoms with E-state index in [2.05, 4.69) is 58.5 Å². The Morgan fingerprint density at radius 3 is 1.26 bits per heavy atom. The summed E-state index contributed by atoms with van der Waals surface area (Å²) < 4.78 is 0. The summed E-state index contributed by atoms with van der Waals surface area (Å²) >= 11 is 0. The maximum absolute atomic E-state index is 9.20. The second kappa shape index (κ2) is 6.22. The second-order valence-electron chi connectivity index (χ2n) is 3.73. The van der Waals surface area contributed by atoms with Gasteiger partial charge in [0.1, 0.15) is 0 Å². The van der Waals surface area contributed by atoms with Crippen LogP contribution in [0.5, 0.6) is 0 Å². The SMILES string of the molecule is O=C=NCN=C=O.c1ccc2c(c1)-c1ccccc1-2. The predicted molar refractivity (Wildman–Crippen MR) is 72.0 cm³/mol. The monoisotopic (exact) mass is 250 g/mol. The highest BCUT2D eigenvalue weighted by atomic mass is 16.1. The molecule has 0 heterocycles. The van der Waals surface area contributed by atoms with Crippen molar-refractivity contribution in [2.75, 3.05) is 6.67 Å². The van der Waals surface area contributed by atoms with Crippen molar-refractivity contribution >= 4 is 12.2 Å². The molecule has 0 radical (unpaired) electrons. The Bertz CT molecular complexity index is 566. The molecular weight excluding hydrogens is 240 g/mol. The molecule has 2 aromatic carbocycles. The minimum atomic E-state index is -0.160. The molecule has 1 aliphatic rings. The zero-order chi connectivity index (χ0) is 13.5. The van der Waals surface area contributed by atoms with E-state index in [-0.39, 0.29) is 6.67 Å². The molecule has 0 aromatic heterocycles. The molecule has 0 spiro atoms. The van der Waals surface area contributed by atoms with E-state index in [1.54, 1.807) is 0 Å². The first-order chi connectivity index (χ1) is 9.38. The highest BCUT2D eigenvalue weighted by molar-refractivity contribution is 6.02. The third kappa shape index (κ3) is 2.72. The molecule has 0 fully saturated rings. The van der Waals surface area contributed by atoms with Crippen molar-refractivity contribution in [3.63, 3.8) is 0 Å². The summed E-state index contributed by atoms with van der Waals surface area (Å²) in [5.74, 6) is 0. The standard InChI is InChI=1S/C12H8.C3H2N2O2/c1-2-6-10-9(5-1)11-7-3-4-8-12(10)11;6-2-4-1-5-3-7/h1-8H;1H2. The van der Waals surface area contributed by atoms with E-state index in [1.165, 1.54) is 34.4 Å². The van der Waals surface area contributed by atoms with E-state index in [1.807, 2.05) is 0 Å². The lowest BCUT2D eigenvalue weighted by Gasteiger charge is -2.22. The van der Waals surface area contributed by atoms with Gasteiger partial charge in [-0.05, 0) is 22.3 Å². The molecule has 4 heteroatoms. The third-order valence-corrected chi connectivity index (χ3v) is 2.70. The van der Waals surface area contributed by atoms with Crippen LogP contribution in [0.4, 0.5) is 0 Å². The molecular formula is C15H10N2O2. The van der Waals surface area contributed by atoms with Crippen molar-refractivity contribution in [3.8, 4) is 22.3 Å². The normalized spacial score (nSPS) is 9.26. The van der Waals surface area contributed by atoms with Gasteiger partial charge in [-0.3, -0.25) is 0 Å². The topological polar surface area (TPSA) is 58.9 Å². The van der Waals surface area contributed by atoms with Gasteiger partial charge in [0.25, 0.3) is 0 Å². The molecule has 19 heavy (non-hydrogen) atoms. The first kappa shape index (κ1) is 12.7. The molecule has 0 bridgehead atoms. The molecule has 0 aliphatic heterocycles. The number of aliphatic imine (C=N–C) groups is 2. The lowest BCUT2D eigenvalue weighted by Crippen LogP contribution is -1.96. The van der Waals surface area contributed by atoms with Gasteiger partial charge in [-0.25, -0.2) is 9.59 Å². The van der Waals surface area contributed by atoms with Crippen LogP contribution in [-0.4, -0.2) is 18.8 Å². The predicted octanol–water partition coefficient (Wildman–Crippen LogP) is 2.95. The molecule has 92 valence electrons. The number of isocyanates is 2. The Kier molecular flexibility index (Phi) is 4.14. The van der Waals surface area contributed by atoms with Gasteiger partial charge in [-0.2, -0.15) is 9.98 Å². The van der Waals surface area contributed by atoms with E-state index in [0.29, 0.717) is 0 Å². The lowest BCUT2D eigenvalue weighted by atomic mass is 9.81. The van der Waals surface area contributed by atoms with E-state index in [4.69, 9.17) is 0 Å². The number of rotatable bonds is 2. The minimum Gasteiger partial charge on any atom is -0.211 e. The van der Waals surface area contributed by atoms with Crippen LogP contribution in [0.3, 0.4) is 0 Å². The Hall–Kier alpha value is -2.80. The average Bonchev–Trinajstić information content (AvgIpc) is 2.46. The van der Waals surface area contributed by atoms with Gasteiger partial charge in [0, 0.05) is 0 Å². The van der Waals surface area contributed by atoms with E-state index in [9.17, 15) is 9.59 Å². The van der Waals surface area contributed by atoms with Crippen LogP contribution in [0, 0.1) is 0 Å². The van der Waals surface area contributed by atoms with Crippen molar-refractivity contribution in [2.24, 2.45) is 9.98 Å². The van der Waals surface area contributed by atoms with Gasteiger partial charge in [0.05, 0.1) is 0 Å². The molecule has 4 nitrogen and oxygen atoms in total. The minimum absolute atomic E-state index is 0.160. The molecule has 0 saturated heterocycles. The molecule has 0 N–H and O–H groups in total. The maximum Gasteiger partial charge on any atom is 0.236 e. The van der Waals surface area contributed by atoms with Crippen molar-refractivity contribution in [3.05, 3.63) is 48.5 Å². The Morgan fingerprint density at radius 1 is 0.684 bits per heavy atom. The molecule has 0 atom stereocenters. The van der Waals surface area contributed by atoms with E-state index >= 15 is 0 Å². The van der Waals surface area contributed by atoms with Gasteiger partial charge in [-0.15, -0.1) is 0 Å². The van der Waals surface area contributed by atoms with Crippen molar-refractivity contribution < 1.29 is 9.59 Å². The molecule has 3 rings (SSSR count). The highest BCUT2D eigenvalue weighted by Crippen LogP contribution is 2.46. The summed E-state index contributed by atoms with van der Waals surface area (Å²) in [5, 5.41) is 0. The number of fused-ring (bicyclic) bond motifs is 4. The maximum atomic E-state index is 9.20. The molecule has 0 saturated carbocycles. The van der Waals surface area contributed by atoms with Gasteiger partial charge in [0.15, 0.2) is 6.67 Å². The van der Waals surface area contributed by atoms with Crippen LogP contribution in [0.15, 0.2) is 58.5 Å². The summed E-state index contributed by atoms with van der Waals surface area (Å²) in [5.41, 5.74) is 5.59. The van der Waals surface area contributed by atoms with Gasteiger partial charge < -0.3 is 0 Å². The average molecular weight is 250 g/mol. The second-order valence-corrected chi connectivity index (χ2v) is 3.73. The fourth-order valence-corrected chi connectivity index (χ4v) is 1.94. The van der Waals surface area contributed by atoms with Crippen LogP contribution in [-0.2, 0) is 9.59 Å². The van der Waals surface area contributed by atoms with Crippen LogP contribution >= 0.6 is 0 Å². The smallest absolute Gasteiger partial charge is 0.211 e. The molecule has 1 aliphatic carbocycles. The number of hydrogen-bond acceptors (Lipinski definition) is 4. The van der Waals surface area contributed by atoms with E-state index in [0.717, 1.165) is 0 Å². The number of benzene rings is 2. The van der Waals surface area contributed by atoms with Crippen molar-refractivity contribution in [1.29, 1.82) is 0 Å². The fraction of sp³-hybridized carbons (Fsp3) is 0.0667. The quantitative estimate of drug-likeness (QED) is 0.518. The number of hydrogen-bond donors (Lipinski definition) is 0. The first-order valence-corrected chi connectivity index (χ1v) is 5.64. The molecule has 2 aromatic rings. The van der Waals surface area contributed by atoms with Crippen LogP contribution in [0.25, 0.3) is 22.3 Å². The van der Waals surface area contributed by atoms with Crippen molar-refractivity contribution in [1.82, 2.24) is 0 Å².